The molecule has 2 heterocycles. The van der Waals surface area contributed by atoms with Gasteiger partial charge in [0, 0.05) is 16.0 Å². The van der Waals surface area contributed by atoms with Crippen LogP contribution in [-0.4, -0.2) is 25.1 Å². The third kappa shape index (κ3) is 3.86. The number of hydrogen-bond donors (Lipinski definition) is 1. The summed E-state index contributed by atoms with van der Waals surface area (Å²) in [5, 5.41) is 3.93. The average Bonchev–Trinajstić information content (AvgIpc) is 3.42. The molecule has 0 atom stereocenters. The lowest BCUT2D eigenvalue weighted by molar-refractivity contribution is -0.118. The van der Waals surface area contributed by atoms with Gasteiger partial charge in [-0.2, -0.15) is 0 Å². The van der Waals surface area contributed by atoms with E-state index in [4.69, 9.17) is 30.2 Å². The van der Waals surface area contributed by atoms with E-state index in [0.29, 0.717) is 38.8 Å². The summed E-state index contributed by atoms with van der Waals surface area (Å²) in [6, 6.07) is 18.6. The van der Waals surface area contributed by atoms with Crippen molar-refractivity contribution in [3.05, 3.63) is 83.1 Å². The maximum absolute atomic E-state index is 13.2. The fourth-order valence-electron chi connectivity index (χ4n) is 3.35. The molecule has 1 aliphatic rings. The van der Waals surface area contributed by atoms with Gasteiger partial charge in [0.2, 0.25) is 12.6 Å². The van der Waals surface area contributed by atoms with E-state index >= 15 is 0 Å². The van der Waals surface area contributed by atoms with Crippen molar-refractivity contribution >= 4 is 39.9 Å². The zero-order valence-corrected chi connectivity index (χ0v) is 17.3. The molecular formula is C24H16ClNO6. The molecule has 1 aromatic heterocycles. The van der Waals surface area contributed by atoms with Crippen LogP contribution in [0, 0.1) is 0 Å². The average molecular weight is 450 g/mol. The Morgan fingerprint density at radius 3 is 2.59 bits per heavy atom. The summed E-state index contributed by atoms with van der Waals surface area (Å²) < 4.78 is 22.0. The number of ether oxygens (including phenoxy) is 3. The Labute approximate surface area is 187 Å². The Morgan fingerprint density at radius 2 is 1.75 bits per heavy atom. The minimum Gasteiger partial charge on any atom is -0.484 e. The molecule has 32 heavy (non-hydrogen) atoms. The molecule has 1 amide bonds. The van der Waals surface area contributed by atoms with Crippen molar-refractivity contribution < 1.29 is 28.2 Å². The Balaban J connectivity index is 1.42. The van der Waals surface area contributed by atoms with Crippen molar-refractivity contribution in [2.24, 2.45) is 0 Å². The predicted octanol–water partition coefficient (Wildman–Crippen LogP) is 5.06. The topological polar surface area (TPSA) is 87.0 Å². The van der Waals surface area contributed by atoms with Crippen LogP contribution in [-0.2, 0) is 4.79 Å². The highest BCUT2D eigenvalue weighted by molar-refractivity contribution is 6.30. The van der Waals surface area contributed by atoms with E-state index in [0.717, 1.165) is 0 Å². The fourth-order valence-corrected chi connectivity index (χ4v) is 3.48. The molecular weight excluding hydrogens is 434 g/mol. The summed E-state index contributed by atoms with van der Waals surface area (Å²) in [4.78, 5) is 25.9. The third-order valence-electron chi connectivity index (χ3n) is 4.88. The van der Waals surface area contributed by atoms with Crippen LogP contribution in [0.25, 0.3) is 11.0 Å². The zero-order chi connectivity index (χ0) is 22.1. The number of carbonyl (C=O) groups is 2. The van der Waals surface area contributed by atoms with Crippen molar-refractivity contribution in [2.45, 2.75) is 0 Å². The van der Waals surface area contributed by atoms with Gasteiger partial charge >= 0.3 is 0 Å². The van der Waals surface area contributed by atoms with Gasteiger partial charge in [0.25, 0.3) is 5.91 Å². The number of rotatable bonds is 6. The largest absolute Gasteiger partial charge is 0.484 e. The van der Waals surface area contributed by atoms with E-state index in [-0.39, 0.29) is 24.8 Å². The van der Waals surface area contributed by atoms with E-state index in [1.54, 1.807) is 66.7 Å². The molecule has 160 valence electrons. The number of carbonyl (C=O) groups excluding carboxylic acids is 2. The molecule has 1 N–H and O–H groups in total. The minimum absolute atomic E-state index is 0.0184. The molecule has 7 nitrogen and oxygen atoms in total. The van der Waals surface area contributed by atoms with Crippen LogP contribution in [0.4, 0.5) is 5.69 Å². The molecule has 5 rings (SSSR count). The Kier molecular flexibility index (Phi) is 5.17. The van der Waals surface area contributed by atoms with Crippen LogP contribution in [0.5, 0.6) is 17.2 Å². The normalized spacial score (nSPS) is 12.0. The Hall–Kier alpha value is -3.97. The van der Waals surface area contributed by atoms with Crippen LogP contribution in [0.3, 0.4) is 0 Å². The van der Waals surface area contributed by atoms with Gasteiger partial charge in [-0.25, -0.2) is 0 Å². The van der Waals surface area contributed by atoms with Crippen molar-refractivity contribution in [1.82, 2.24) is 0 Å². The lowest BCUT2D eigenvalue weighted by Gasteiger charge is -2.08. The molecule has 0 bridgehead atoms. The zero-order valence-electron chi connectivity index (χ0n) is 16.6. The summed E-state index contributed by atoms with van der Waals surface area (Å²) in [5.41, 5.74) is 1.11. The number of amides is 1. The second-order valence-electron chi connectivity index (χ2n) is 6.99. The highest BCUT2D eigenvalue weighted by atomic mass is 35.5. The van der Waals surface area contributed by atoms with Gasteiger partial charge in [0.1, 0.15) is 11.3 Å². The predicted molar refractivity (Wildman–Crippen MR) is 118 cm³/mol. The van der Waals surface area contributed by atoms with Crippen LogP contribution < -0.4 is 19.5 Å². The first kappa shape index (κ1) is 20.0. The first-order valence-electron chi connectivity index (χ1n) is 9.72. The second kappa shape index (κ2) is 8.28. The number of benzene rings is 3. The Morgan fingerprint density at radius 1 is 0.969 bits per heavy atom. The quantitative estimate of drug-likeness (QED) is 0.414. The van der Waals surface area contributed by atoms with Gasteiger partial charge in [-0.1, -0.05) is 23.7 Å². The van der Waals surface area contributed by atoms with E-state index in [1.807, 2.05) is 0 Å². The number of ketones is 1. The van der Waals surface area contributed by atoms with Crippen molar-refractivity contribution in [1.29, 1.82) is 0 Å². The molecule has 0 aliphatic carbocycles. The monoisotopic (exact) mass is 449 g/mol. The fraction of sp³-hybridized carbons (Fsp3) is 0.0833. The molecule has 0 saturated heterocycles. The number of hydrogen-bond acceptors (Lipinski definition) is 6. The van der Waals surface area contributed by atoms with Gasteiger partial charge in [-0.3, -0.25) is 9.59 Å². The SMILES string of the molecule is O=C(COc1ccc(Cl)cc1)Nc1c(C(=O)c2ccc3c(c2)OCO3)oc2ccccc12. The Bertz CT molecular complexity index is 1330. The van der Waals surface area contributed by atoms with Crippen molar-refractivity contribution in [3.8, 4) is 17.2 Å². The van der Waals surface area contributed by atoms with E-state index in [2.05, 4.69) is 5.32 Å². The van der Waals surface area contributed by atoms with Crippen LogP contribution in [0.1, 0.15) is 16.1 Å². The van der Waals surface area contributed by atoms with E-state index in [1.165, 1.54) is 0 Å². The van der Waals surface area contributed by atoms with Crippen molar-refractivity contribution in [3.63, 3.8) is 0 Å². The maximum atomic E-state index is 13.2. The number of fused-ring (bicyclic) bond motifs is 2. The van der Waals surface area contributed by atoms with Gasteiger partial charge in [-0.15, -0.1) is 0 Å². The summed E-state index contributed by atoms with van der Waals surface area (Å²) in [6.07, 6.45) is 0. The molecule has 0 fully saturated rings. The van der Waals surface area contributed by atoms with Gasteiger partial charge in [0.05, 0.1) is 5.69 Å². The standard InChI is InChI=1S/C24H16ClNO6/c25-15-6-8-16(9-7-15)29-12-21(27)26-22-17-3-1-2-4-18(17)32-24(22)23(28)14-5-10-19-20(11-14)31-13-30-19/h1-11H,12-13H2,(H,26,27). The second-order valence-corrected chi connectivity index (χ2v) is 7.43. The van der Waals surface area contributed by atoms with Gasteiger partial charge in [0.15, 0.2) is 23.9 Å². The molecule has 0 unspecified atom stereocenters. The summed E-state index contributed by atoms with van der Waals surface area (Å²) in [5.74, 6) is 0.732. The highest BCUT2D eigenvalue weighted by Crippen LogP contribution is 2.36. The molecule has 0 saturated carbocycles. The lowest BCUT2D eigenvalue weighted by Crippen LogP contribution is -2.21. The smallest absolute Gasteiger partial charge is 0.262 e. The summed E-state index contributed by atoms with van der Waals surface area (Å²) in [7, 11) is 0. The number of halogens is 1. The number of para-hydroxylation sites is 1. The number of nitrogens with one attached hydrogen (secondary N) is 1. The molecule has 8 heteroatoms. The number of furan rings is 1. The van der Waals surface area contributed by atoms with E-state index in [9.17, 15) is 9.59 Å². The van der Waals surface area contributed by atoms with Crippen LogP contribution in [0.15, 0.2) is 71.1 Å². The summed E-state index contributed by atoms with van der Waals surface area (Å²) in [6.45, 7) is -0.147. The molecule has 0 spiro atoms. The first-order valence-corrected chi connectivity index (χ1v) is 10.1. The first-order chi connectivity index (χ1) is 15.6. The molecule has 0 radical (unpaired) electrons. The summed E-state index contributed by atoms with van der Waals surface area (Å²) >= 11 is 5.86. The lowest BCUT2D eigenvalue weighted by atomic mass is 10.1. The number of anilines is 1. The van der Waals surface area contributed by atoms with Gasteiger partial charge < -0.3 is 23.9 Å². The molecule has 4 aromatic rings. The van der Waals surface area contributed by atoms with E-state index < -0.39 is 11.7 Å². The van der Waals surface area contributed by atoms with Crippen molar-refractivity contribution in [2.75, 3.05) is 18.7 Å². The molecule has 3 aromatic carbocycles. The van der Waals surface area contributed by atoms with Crippen LogP contribution in [0.2, 0.25) is 5.02 Å². The highest BCUT2D eigenvalue weighted by Gasteiger charge is 2.25. The van der Waals surface area contributed by atoms with Crippen LogP contribution >= 0.6 is 11.6 Å². The third-order valence-corrected chi connectivity index (χ3v) is 5.14. The maximum Gasteiger partial charge on any atom is 0.262 e. The minimum atomic E-state index is -0.439. The molecule has 1 aliphatic heterocycles. The van der Waals surface area contributed by atoms with Gasteiger partial charge in [-0.05, 0) is 54.6 Å².